The van der Waals surface area contributed by atoms with Gasteiger partial charge >= 0.3 is 0 Å². The lowest BCUT2D eigenvalue weighted by molar-refractivity contribution is 0.0892. The second-order valence-electron chi connectivity index (χ2n) is 7.19. The van der Waals surface area contributed by atoms with Crippen molar-refractivity contribution in [2.75, 3.05) is 25.1 Å². The minimum Gasteiger partial charge on any atom is -0.480 e. The van der Waals surface area contributed by atoms with Crippen LogP contribution in [0.15, 0.2) is 40.1 Å². The van der Waals surface area contributed by atoms with Crippen molar-refractivity contribution in [3.63, 3.8) is 0 Å². The number of anilines is 1. The van der Waals surface area contributed by atoms with Crippen molar-refractivity contribution < 1.29 is 13.9 Å². The molecule has 0 saturated carbocycles. The molecule has 0 bridgehead atoms. The van der Waals surface area contributed by atoms with Crippen LogP contribution < -0.4 is 15.2 Å². The maximum atomic E-state index is 12.9. The minimum absolute atomic E-state index is 0.0225. The van der Waals surface area contributed by atoms with Gasteiger partial charge in [0.1, 0.15) is 11.2 Å². The van der Waals surface area contributed by atoms with Gasteiger partial charge in [0.2, 0.25) is 5.88 Å². The normalized spacial score (nSPS) is 15.1. The average Bonchev–Trinajstić information content (AvgIpc) is 3.20. The molecule has 0 unspecified atom stereocenters. The summed E-state index contributed by atoms with van der Waals surface area (Å²) in [5.41, 5.74) is 0.146. The monoisotopic (exact) mass is 382 g/mol. The largest absolute Gasteiger partial charge is 0.480 e. The van der Waals surface area contributed by atoms with Crippen molar-refractivity contribution in [3.8, 4) is 5.88 Å². The molecule has 8 heteroatoms. The second-order valence-corrected chi connectivity index (χ2v) is 7.19. The first-order valence-corrected chi connectivity index (χ1v) is 9.33. The van der Waals surface area contributed by atoms with Gasteiger partial charge in [-0.25, -0.2) is 0 Å². The van der Waals surface area contributed by atoms with E-state index in [0.717, 1.165) is 36.4 Å². The molecule has 3 aromatic heterocycles. The Morgan fingerprint density at radius 2 is 2.14 bits per heavy atom. The molecule has 0 radical (unpaired) electrons. The summed E-state index contributed by atoms with van der Waals surface area (Å²) in [4.78, 5) is 32.2. The number of fused-ring (bicyclic) bond motifs is 1. The van der Waals surface area contributed by atoms with Gasteiger partial charge < -0.3 is 14.1 Å². The number of hydrogen-bond acceptors (Lipinski definition) is 7. The predicted molar refractivity (Wildman–Crippen MR) is 104 cm³/mol. The quantitative estimate of drug-likeness (QED) is 0.685. The van der Waals surface area contributed by atoms with Gasteiger partial charge in [-0.3, -0.25) is 9.59 Å². The summed E-state index contributed by atoms with van der Waals surface area (Å²) >= 11 is 0. The molecule has 3 aromatic rings. The van der Waals surface area contributed by atoms with Crippen LogP contribution in [0.4, 0.5) is 5.82 Å². The summed E-state index contributed by atoms with van der Waals surface area (Å²) in [7, 11) is 1.47. The third-order valence-corrected chi connectivity index (χ3v) is 5.19. The number of nitrogens with zero attached hydrogens (tertiary/aromatic N) is 4. The van der Waals surface area contributed by atoms with E-state index in [1.165, 1.54) is 25.8 Å². The van der Waals surface area contributed by atoms with E-state index in [2.05, 4.69) is 21.9 Å². The van der Waals surface area contributed by atoms with Crippen LogP contribution in [-0.4, -0.2) is 40.9 Å². The third-order valence-electron chi connectivity index (χ3n) is 5.19. The van der Waals surface area contributed by atoms with Crippen molar-refractivity contribution in [2.24, 2.45) is 5.92 Å². The Labute approximate surface area is 161 Å². The Morgan fingerprint density at radius 3 is 2.82 bits per heavy atom. The number of methoxy groups -OCH3 is 1. The third kappa shape index (κ3) is 3.37. The molecule has 1 aliphatic rings. The highest BCUT2D eigenvalue weighted by molar-refractivity contribution is 5.90. The van der Waals surface area contributed by atoms with E-state index in [0.29, 0.717) is 16.9 Å². The highest BCUT2D eigenvalue weighted by Crippen LogP contribution is 2.28. The molecule has 1 fully saturated rings. The van der Waals surface area contributed by atoms with Crippen molar-refractivity contribution in [1.82, 2.24) is 14.8 Å². The Bertz CT molecular complexity index is 1050. The molecule has 0 atom stereocenters. The van der Waals surface area contributed by atoms with E-state index in [1.54, 1.807) is 6.07 Å². The van der Waals surface area contributed by atoms with E-state index >= 15 is 0 Å². The summed E-state index contributed by atoms with van der Waals surface area (Å²) in [6.07, 6.45) is 6.70. The molecule has 0 aromatic carbocycles. The van der Waals surface area contributed by atoms with Crippen LogP contribution in [0.25, 0.3) is 10.8 Å². The lowest BCUT2D eigenvalue weighted by atomic mass is 9.99. The first-order chi connectivity index (χ1) is 13.6. The molecule has 0 N–H and O–H groups in total. The van der Waals surface area contributed by atoms with E-state index in [-0.39, 0.29) is 17.7 Å². The zero-order valence-electron chi connectivity index (χ0n) is 15.9. The Hall–Kier alpha value is -3.16. The van der Waals surface area contributed by atoms with Crippen molar-refractivity contribution in [2.45, 2.75) is 26.2 Å². The Morgan fingerprint density at radius 1 is 1.36 bits per heavy atom. The first-order valence-electron chi connectivity index (χ1n) is 9.33. The van der Waals surface area contributed by atoms with Crippen LogP contribution in [0, 0.1) is 5.92 Å². The number of ether oxygens (including phenoxy) is 1. The van der Waals surface area contributed by atoms with Gasteiger partial charge in [-0.05, 0) is 36.5 Å². The SMILES string of the molecule is COc1nc(N2CCC(C)CC2)cc2cnn(C(=O)Cc3ccoc3)c(=O)c12. The maximum Gasteiger partial charge on any atom is 0.287 e. The zero-order chi connectivity index (χ0) is 19.7. The molecule has 0 aliphatic carbocycles. The van der Waals surface area contributed by atoms with Crippen LogP contribution in [0.5, 0.6) is 5.88 Å². The van der Waals surface area contributed by atoms with E-state index in [1.807, 2.05) is 6.07 Å². The number of piperidine rings is 1. The van der Waals surface area contributed by atoms with Gasteiger partial charge in [-0.1, -0.05) is 6.92 Å². The molecular weight excluding hydrogens is 360 g/mol. The minimum atomic E-state index is -0.533. The van der Waals surface area contributed by atoms with Gasteiger partial charge in [-0.2, -0.15) is 14.8 Å². The number of pyridine rings is 1. The summed E-state index contributed by atoms with van der Waals surface area (Å²) in [5, 5.41) is 4.95. The number of furan rings is 1. The molecular formula is C20H22N4O4. The van der Waals surface area contributed by atoms with Crippen molar-refractivity contribution in [1.29, 1.82) is 0 Å². The molecule has 1 aliphatic heterocycles. The number of carbonyl (C=O) groups excluding carboxylic acids is 1. The summed E-state index contributed by atoms with van der Waals surface area (Å²) in [6, 6.07) is 3.52. The maximum absolute atomic E-state index is 12.9. The lowest BCUT2D eigenvalue weighted by Gasteiger charge is -2.31. The summed E-state index contributed by atoms with van der Waals surface area (Å²) in [6.45, 7) is 4.08. The molecule has 1 saturated heterocycles. The Kier molecular flexibility index (Phi) is 4.85. The first kappa shape index (κ1) is 18.2. The molecule has 28 heavy (non-hydrogen) atoms. The van der Waals surface area contributed by atoms with Gasteiger partial charge in [0.15, 0.2) is 0 Å². The van der Waals surface area contributed by atoms with Crippen molar-refractivity contribution in [3.05, 3.63) is 46.8 Å². The van der Waals surface area contributed by atoms with Crippen LogP contribution in [-0.2, 0) is 6.42 Å². The van der Waals surface area contributed by atoms with Gasteiger partial charge in [0, 0.05) is 18.5 Å². The summed E-state index contributed by atoms with van der Waals surface area (Å²) < 4.78 is 11.2. The van der Waals surface area contributed by atoms with Gasteiger partial charge in [0.25, 0.3) is 11.5 Å². The van der Waals surface area contributed by atoms with E-state index in [9.17, 15) is 9.59 Å². The van der Waals surface area contributed by atoms with Crippen LogP contribution >= 0.6 is 0 Å². The highest BCUT2D eigenvalue weighted by Gasteiger charge is 2.21. The van der Waals surface area contributed by atoms with E-state index in [4.69, 9.17) is 9.15 Å². The Balaban J connectivity index is 1.72. The van der Waals surface area contributed by atoms with E-state index < -0.39 is 11.5 Å². The fourth-order valence-electron chi connectivity index (χ4n) is 3.49. The highest BCUT2D eigenvalue weighted by atomic mass is 16.5. The molecule has 0 spiro atoms. The van der Waals surface area contributed by atoms with Crippen LogP contribution in [0.2, 0.25) is 0 Å². The van der Waals surface area contributed by atoms with Crippen LogP contribution in [0.3, 0.4) is 0 Å². The predicted octanol–water partition coefficient (Wildman–Crippen LogP) is 2.51. The summed E-state index contributed by atoms with van der Waals surface area (Å²) in [5.74, 6) is 1.24. The number of rotatable bonds is 4. The molecule has 0 amide bonds. The fraction of sp³-hybridized carbons (Fsp3) is 0.400. The standard InChI is InChI=1S/C20H22N4O4/c1-13-3-6-23(7-4-13)16-10-15-11-21-24(17(25)9-14-5-8-28-12-14)20(26)18(15)19(22-16)27-2/h5,8,10-13H,3-4,6-7,9H2,1-2H3. The van der Waals surface area contributed by atoms with Crippen molar-refractivity contribution >= 4 is 22.5 Å². The molecule has 4 heterocycles. The lowest BCUT2D eigenvalue weighted by Crippen LogP contribution is -2.34. The fourth-order valence-corrected chi connectivity index (χ4v) is 3.49. The molecule has 8 nitrogen and oxygen atoms in total. The molecule has 4 rings (SSSR count). The second kappa shape index (κ2) is 7.46. The van der Waals surface area contributed by atoms with Gasteiger partial charge in [0.05, 0.1) is 32.3 Å². The average molecular weight is 382 g/mol. The topological polar surface area (TPSA) is 90.5 Å². The smallest absolute Gasteiger partial charge is 0.287 e. The van der Waals surface area contributed by atoms with Gasteiger partial charge in [-0.15, -0.1) is 0 Å². The zero-order valence-corrected chi connectivity index (χ0v) is 15.9. The van der Waals surface area contributed by atoms with Crippen LogP contribution in [0.1, 0.15) is 30.1 Å². The number of aromatic nitrogens is 3. The number of hydrogen-bond donors (Lipinski definition) is 0. The number of carbonyl (C=O) groups is 1. The molecule has 146 valence electrons.